The zero-order valence-corrected chi connectivity index (χ0v) is 11.6. The van der Waals surface area contributed by atoms with Crippen LogP contribution >= 0.6 is 11.6 Å². The first kappa shape index (κ1) is 13.8. The molecule has 0 aliphatic rings. The lowest BCUT2D eigenvalue weighted by Crippen LogP contribution is -2.11. The summed E-state index contributed by atoms with van der Waals surface area (Å²) in [5, 5.41) is 18.4. The minimum Gasteiger partial charge on any atom is -0.473 e. The van der Waals surface area contributed by atoms with Gasteiger partial charge in [0.15, 0.2) is 0 Å². The van der Waals surface area contributed by atoms with Crippen LogP contribution in [0.25, 0.3) is 0 Å². The van der Waals surface area contributed by atoms with Crippen LogP contribution < -0.4 is 4.74 Å². The number of benzene rings is 1. The van der Waals surface area contributed by atoms with Gasteiger partial charge >= 0.3 is 0 Å². The maximum absolute atomic E-state index is 10.0. The molecule has 5 heteroatoms. The molecule has 1 N–H and O–H groups in total. The van der Waals surface area contributed by atoms with Gasteiger partial charge < -0.3 is 9.84 Å². The lowest BCUT2D eigenvalue weighted by molar-refractivity contribution is 0.105. The Kier molecular flexibility index (Phi) is 4.35. The van der Waals surface area contributed by atoms with E-state index in [1.54, 1.807) is 18.2 Å². The predicted octanol–water partition coefficient (Wildman–Crippen LogP) is 2.86. The third-order valence-electron chi connectivity index (χ3n) is 2.86. The van der Waals surface area contributed by atoms with E-state index in [4.69, 9.17) is 16.3 Å². The summed E-state index contributed by atoms with van der Waals surface area (Å²) in [5.41, 5.74) is 2.50. The van der Waals surface area contributed by atoms with Crippen molar-refractivity contribution in [3.8, 4) is 5.88 Å². The Labute approximate surface area is 117 Å². The topological polar surface area (TPSA) is 55.2 Å². The van der Waals surface area contributed by atoms with Gasteiger partial charge in [0.1, 0.15) is 12.7 Å². The first-order valence-electron chi connectivity index (χ1n) is 5.94. The minimum absolute atomic E-state index is 0.0842. The Morgan fingerprint density at radius 3 is 2.68 bits per heavy atom. The number of halogens is 1. The molecule has 4 nitrogen and oxygen atoms in total. The van der Waals surface area contributed by atoms with Gasteiger partial charge in [-0.15, -0.1) is 5.10 Å². The fraction of sp³-hybridized carbons (Fsp3) is 0.286. The molecule has 2 aromatic rings. The number of aromatic nitrogens is 2. The second-order valence-electron chi connectivity index (χ2n) is 4.30. The molecule has 0 amide bonds. The lowest BCUT2D eigenvalue weighted by atomic mass is 10.1. The predicted molar refractivity (Wildman–Crippen MR) is 73.4 cm³/mol. The lowest BCUT2D eigenvalue weighted by Gasteiger charge is -2.13. The van der Waals surface area contributed by atoms with E-state index in [1.165, 1.54) is 0 Å². The molecule has 1 unspecified atom stereocenters. The quantitative estimate of drug-likeness (QED) is 0.934. The zero-order chi connectivity index (χ0) is 13.8. The summed E-state index contributed by atoms with van der Waals surface area (Å²) >= 11 is 6.00. The third kappa shape index (κ3) is 3.43. The molecule has 0 spiro atoms. The fourth-order valence-corrected chi connectivity index (χ4v) is 1.85. The number of ether oxygens (including phenoxy) is 1. The second kappa shape index (κ2) is 5.99. The molecule has 0 aliphatic heterocycles. The summed E-state index contributed by atoms with van der Waals surface area (Å²) in [4.78, 5) is 0. The van der Waals surface area contributed by atoms with Crippen LogP contribution in [-0.2, 0) is 0 Å². The Balaban J connectivity index is 2.02. The molecular weight excluding hydrogens is 264 g/mol. The van der Waals surface area contributed by atoms with Crippen LogP contribution in [0.4, 0.5) is 0 Å². The molecule has 0 aliphatic carbocycles. The molecule has 1 atom stereocenters. The van der Waals surface area contributed by atoms with Gasteiger partial charge in [-0.1, -0.05) is 29.8 Å². The smallest absolute Gasteiger partial charge is 0.233 e. The normalized spacial score (nSPS) is 12.2. The second-order valence-corrected chi connectivity index (χ2v) is 4.71. The highest BCUT2D eigenvalue weighted by atomic mass is 35.5. The number of hydrogen-bond donors (Lipinski definition) is 1. The van der Waals surface area contributed by atoms with Crippen LogP contribution in [0, 0.1) is 13.8 Å². The Morgan fingerprint density at radius 2 is 2.00 bits per heavy atom. The van der Waals surface area contributed by atoms with Gasteiger partial charge in [0.25, 0.3) is 0 Å². The number of nitrogens with zero attached hydrogens (tertiary/aromatic N) is 2. The standard InChI is InChI=1S/C14H15ClN2O2/c1-9-7-14(17-16-10(9)2)19-8-13(18)11-5-3-4-6-12(11)15/h3-7,13,18H,8H2,1-2H3. The summed E-state index contributed by atoms with van der Waals surface area (Å²) in [5.74, 6) is 0.397. The SMILES string of the molecule is Cc1cc(OCC(O)c2ccccc2Cl)nnc1C. The number of rotatable bonds is 4. The molecule has 0 fully saturated rings. The highest BCUT2D eigenvalue weighted by molar-refractivity contribution is 6.31. The minimum atomic E-state index is -0.794. The Hall–Kier alpha value is -1.65. The Bertz CT molecular complexity index is 575. The van der Waals surface area contributed by atoms with Crippen LogP contribution in [-0.4, -0.2) is 21.9 Å². The molecule has 100 valence electrons. The van der Waals surface area contributed by atoms with Gasteiger partial charge in [-0.2, -0.15) is 5.10 Å². The molecule has 19 heavy (non-hydrogen) atoms. The third-order valence-corrected chi connectivity index (χ3v) is 3.21. The number of hydrogen-bond acceptors (Lipinski definition) is 4. The average Bonchev–Trinajstić information content (AvgIpc) is 2.40. The number of aliphatic hydroxyl groups is 1. The maximum Gasteiger partial charge on any atom is 0.233 e. The van der Waals surface area contributed by atoms with Crippen molar-refractivity contribution in [2.45, 2.75) is 20.0 Å². The van der Waals surface area contributed by atoms with Crippen molar-refractivity contribution in [3.63, 3.8) is 0 Å². The molecule has 1 aromatic heterocycles. The van der Waals surface area contributed by atoms with Crippen molar-refractivity contribution in [1.82, 2.24) is 10.2 Å². The molecule has 2 rings (SSSR count). The van der Waals surface area contributed by atoms with Crippen molar-refractivity contribution in [1.29, 1.82) is 0 Å². The molecule has 0 saturated carbocycles. The monoisotopic (exact) mass is 278 g/mol. The summed E-state index contributed by atoms with van der Waals surface area (Å²) in [6.07, 6.45) is -0.794. The van der Waals surface area contributed by atoms with E-state index < -0.39 is 6.10 Å². The zero-order valence-electron chi connectivity index (χ0n) is 10.8. The maximum atomic E-state index is 10.0. The molecule has 0 radical (unpaired) electrons. The van der Waals surface area contributed by atoms with E-state index >= 15 is 0 Å². The van der Waals surface area contributed by atoms with E-state index in [0.717, 1.165) is 11.3 Å². The van der Waals surface area contributed by atoms with Crippen LogP contribution in [0.5, 0.6) is 5.88 Å². The summed E-state index contributed by atoms with van der Waals surface area (Å²) in [7, 11) is 0. The van der Waals surface area contributed by atoms with Gasteiger partial charge in [-0.3, -0.25) is 0 Å². The van der Waals surface area contributed by atoms with Crippen molar-refractivity contribution in [3.05, 3.63) is 52.2 Å². The van der Waals surface area contributed by atoms with Crippen molar-refractivity contribution in [2.75, 3.05) is 6.61 Å². The molecule has 1 aromatic carbocycles. The van der Waals surface area contributed by atoms with Gasteiger partial charge in [-0.05, 0) is 25.5 Å². The molecule has 0 bridgehead atoms. The summed E-state index contributed by atoms with van der Waals surface area (Å²) < 4.78 is 5.43. The van der Waals surface area contributed by atoms with Gasteiger partial charge in [0.2, 0.25) is 5.88 Å². The molecule has 0 saturated heterocycles. The first-order chi connectivity index (χ1) is 9.08. The van der Waals surface area contributed by atoms with Gasteiger partial charge in [0.05, 0.1) is 5.69 Å². The molecule has 1 heterocycles. The largest absolute Gasteiger partial charge is 0.473 e. The number of aliphatic hydroxyl groups excluding tert-OH is 1. The number of aryl methyl sites for hydroxylation is 2. The highest BCUT2D eigenvalue weighted by Gasteiger charge is 2.12. The first-order valence-corrected chi connectivity index (χ1v) is 6.32. The fourth-order valence-electron chi connectivity index (χ4n) is 1.59. The van der Waals surface area contributed by atoms with Crippen molar-refractivity contribution in [2.24, 2.45) is 0 Å². The summed E-state index contributed by atoms with van der Waals surface area (Å²) in [6.45, 7) is 3.90. The van der Waals surface area contributed by atoms with E-state index in [9.17, 15) is 5.11 Å². The van der Waals surface area contributed by atoms with Gasteiger partial charge in [0, 0.05) is 16.7 Å². The van der Waals surface area contributed by atoms with E-state index in [2.05, 4.69) is 10.2 Å². The average molecular weight is 279 g/mol. The van der Waals surface area contributed by atoms with E-state index in [1.807, 2.05) is 26.0 Å². The Morgan fingerprint density at radius 1 is 1.26 bits per heavy atom. The van der Waals surface area contributed by atoms with Crippen LogP contribution in [0.1, 0.15) is 22.9 Å². The molecular formula is C14H15ClN2O2. The van der Waals surface area contributed by atoms with E-state index in [0.29, 0.717) is 16.5 Å². The van der Waals surface area contributed by atoms with Crippen LogP contribution in [0.2, 0.25) is 5.02 Å². The van der Waals surface area contributed by atoms with Crippen LogP contribution in [0.15, 0.2) is 30.3 Å². The van der Waals surface area contributed by atoms with E-state index in [-0.39, 0.29) is 6.61 Å². The van der Waals surface area contributed by atoms with Gasteiger partial charge in [-0.25, -0.2) is 0 Å². The van der Waals surface area contributed by atoms with Crippen molar-refractivity contribution < 1.29 is 9.84 Å². The van der Waals surface area contributed by atoms with Crippen LogP contribution in [0.3, 0.4) is 0 Å². The highest BCUT2D eigenvalue weighted by Crippen LogP contribution is 2.23. The summed E-state index contributed by atoms with van der Waals surface area (Å²) in [6, 6.07) is 8.93. The van der Waals surface area contributed by atoms with Crippen molar-refractivity contribution >= 4 is 11.6 Å².